The molecule has 0 atom stereocenters. The molecule has 1 aromatic heterocycles. The van der Waals surface area contributed by atoms with Gasteiger partial charge in [0.15, 0.2) is 23.0 Å². The Kier molecular flexibility index (Phi) is 7.83. The van der Waals surface area contributed by atoms with Crippen LogP contribution in [-0.4, -0.2) is 4.98 Å². The summed E-state index contributed by atoms with van der Waals surface area (Å²) < 4.78 is 13.9. The van der Waals surface area contributed by atoms with E-state index < -0.39 is 5.41 Å². The number of fused-ring (bicyclic) bond motifs is 5. The third-order valence-electron chi connectivity index (χ3n) is 11.5. The number of rotatable bonds is 6. The van der Waals surface area contributed by atoms with Crippen LogP contribution in [0.1, 0.15) is 22.3 Å². The van der Waals surface area contributed by atoms with Gasteiger partial charge in [0.1, 0.15) is 0 Å². The second-order valence-corrected chi connectivity index (χ2v) is 14.9. The zero-order chi connectivity index (χ0) is 38.6. The van der Waals surface area contributed by atoms with E-state index in [1.807, 2.05) is 48.5 Å². The Morgan fingerprint density at radius 1 is 0.362 bits per heavy atom. The van der Waals surface area contributed by atoms with Crippen molar-refractivity contribution in [1.82, 2.24) is 4.98 Å². The van der Waals surface area contributed by atoms with Crippen molar-refractivity contribution in [1.29, 1.82) is 0 Å². The number of aromatic nitrogens is 1. The number of nitrogens with two attached hydrogens (primary N) is 1. The van der Waals surface area contributed by atoms with E-state index in [0.29, 0.717) is 23.0 Å². The van der Waals surface area contributed by atoms with Gasteiger partial charge in [-0.1, -0.05) is 152 Å². The van der Waals surface area contributed by atoms with Crippen LogP contribution in [0.15, 0.2) is 206 Å². The van der Waals surface area contributed by atoms with Gasteiger partial charge in [0.25, 0.3) is 0 Å². The second-order valence-electron chi connectivity index (χ2n) is 14.9. The number of nitrogens with zero attached hydrogens (tertiary/aromatic N) is 1. The van der Waals surface area contributed by atoms with Gasteiger partial charge in [-0.3, -0.25) is 0 Å². The molecule has 0 bridgehead atoms. The van der Waals surface area contributed by atoms with Crippen LogP contribution in [0.5, 0.6) is 23.0 Å². The minimum absolute atomic E-state index is 0.562. The summed E-state index contributed by atoms with van der Waals surface area (Å²) in [6, 6.07) is 71.9. The van der Waals surface area contributed by atoms with E-state index in [0.717, 1.165) is 61.6 Å². The summed E-state index contributed by atoms with van der Waals surface area (Å²) in [5.41, 5.74) is 21.2. The smallest absolute Gasteiger partial charge is 0.179 e. The first-order valence-electron chi connectivity index (χ1n) is 19.6. The van der Waals surface area contributed by atoms with Gasteiger partial charge in [0, 0.05) is 16.8 Å². The number of hydrogen-bond donors (Lipinski definition) is 1. The van der Waals surface area contributed by atoms with Crippen LogP contribution in [0, 0.1) is 0 Å². The van der Waals surface area contributed by atoms with Gasteiger partial charge in [-0.15, -0.1) is 0 Å². The molecule has 8 aromatic carbocycles. The summed E-state index contributed by atoms with van der Waals surface area (Å²) in [7, 11) is 0. The van der Waals surface area contributed by atoms with E-state index in [-0.39, 0.29) is 0 Å². The SMILES string of the molecule is Nc1cccc(-c2cccc(-c3cc(-c4ccccc4)nc(-c4cccc5c4Oc4cc6c(cc4O5)-c4ccccc4C6(c4ccccc4)c4ccccc4)c3)c2)c1. The van der Waals surface area contributed by atoms with Crippen molar-refractivity contribution < 1.29 is 9.47 Å². The summed E-state index contributed by atoms with van der Waals surface area (Å²) in [5.74, 6) is 2.62. The molecule has 0 fully saturated rings. The number of benzene rings is 8. The van der Waals surface area contributed by atoms with E-state index in [1.54, 1.807) is 0 Å². The van der Waals surface area contributed by atoms with Crippen LogP contribution in [-0.2, 0) is 5.41 Å². The number of pyridine rings is 1. The molecule has 0 saturated carbocycles. The highest BCUT2D eigenvalue weighted by Gasteiger charge is 2.47. The van der Waals surface area contributed by atoms with Crippen molar-refractivity contribution >= 4 is 5.69 Å². The van der Waals surface area contributed by atoms with Gasteiger partial charge in [0.05, 0.1) is 16.8 Å². The zero-order valence-electron chi connectivity index (χ0n) is 31.5. The summed E-state index contributed by atoms with van der Waals surface area (Å²) in [4.78, 5) is 5.29. The molecule has 0 saturated heterocycles. The largest absolute Gasteiger partial charge is 0.449 e. The Hall–Kier alpha value is -7.69. The molecule has 2 aliphatic rings. The predicted molar refractivity (Wildman–Crippen MR) is 234 cm³/mol. The summed E-state index contributed by atoms with van der Waals surface area (Å²) >= 11 is 0. The normalized spacial score (nSPS) is 13.0. The van der Waals surface area contributed by atoms with Crippen molar-refractivity contribution in [3.05, 3.63) is 229 Å². The van der Waals surface area contributed by atoms with E-state index >= 15 is 0 Å². The van der Waals surface area contributed by atoms with Crippen LogP contribution in [0.3, 0.4) is 0 Å². The van der Waals surface area contributed by atoms with Crippen molar-refractivity contribution in [2.45, 2.75) is 5.41 Å². The number of hydrogen-bond acceptors (Lipinski definition) is 4. The first kappa shape index (κ1) is 33.6. The van der Waals surface area contributed by atoms with Crippen molar-refractivity contribution in [3.8, 4) is 78.9 Å². The van der Waals surface area contributed by atoms with Crippen LogP contribution in [0.4, 0.5) is 5.69 Å². The first-order chi connectivity index (χ1) is 28.6. The maximum Gasteiger partial charge on any atom is 0.179 e. The fourth-order valence-electron chi connectivity index (χ4n) is 8.93. The molecule has 0 unspecified atom stereocenters. The Morgan fingerprint density at radius 3 is 1.67 bits per heavy atom. The molecule has 0 spiro atoms. The number of ether oxygens (including phenoxy) is 2. The van der Waals surface area contributed by atoms with E-state index in [9.17, 15) is 0 Å². The maximum absolute atomic E-state index is 7.05. The number of anilines is 1. The molecule has 2 heterocycles. The maximum atomic E-state index is 7.05. The van der Waals surface area contributed by atoms with E-state index in [4.69, 9.17) is 20.2 Å². The van der Waals surface area contributed by atoms with Crippen LogP contribution < -0.4 is 15.2 Å². The van der Waals surface area contributed by atoms with Crippen LogP contribution in [0.25, 0.3) is 55.9 Å². The second kappa shape index (κ2) is 13.5. The molecule has 2 N–H and O–H groups in total. The van der Waals surface area contributed by atoms with Gasteiger partial charge in [0.2, 0.25) is 0 Å². The Labute approximate surface area is 337 Å². The van der Waals surface area contributed by atoms with Gasteiger partial charge < -0.3 is 15.2 Å². The minimum atomic E-state index is -0.562. The average Bonchev–Trinajstić information content (AvgIpc) is 3.58. The topological polar surface area (TPSA) is 57.4 Å². The summed E-state index contributed by atoms with van der Waals surface area (Å²) in [6.07, 6.45) is 0. The summed E-state index contributed by atoms with van der Waals surface area (Å²) in [6.45, 7) is 0. The molecule has 9 aromatic rings. The molecular weight excluding hydrogens is 709 g/mol. The molecule has 1 aliphatic carbocycles. The quantitative estimate of drug-likeness (QED) is 0.172. The first-order valence-corrected chi connectivity index (χ1v) is 19.6. The van der Waals surface area contributed by atoms with Crippen molar-refractivity contribution in [2.24, 2.45) is 0 Å². The molecular formula is C54H36N2O2. The molecule has 0 radical (unpaired) electrons. The molecule has 4 heteroatoms. The standard InChI is InChI=1S/C54H36N2O2/c55-42-24-13-19-38(30-42)36-17-12-18-37(29-36)39-31-48(35-15-4-1-5-16-35)56-49(32-39)44-26-14-28-50-53(44)58-52-34-47-45(33-51(52)57-50)43-25-10-11-27-46(43)54(47,40-20-6-2-7-21-40)41-22-8-3-9-23-41/h1-34H,55H2. The van der Waals surface area contributed by atoms with Gasteiger partial charge >= 0.3 is 0 Å². The van der Waals surface area contributed by atoms with Gasteiger partial charge in [-0.25, -0.2) is 4.98 Å². The molecule has 274 valence electrons. The Bertz CT molecular complexity index is 2970. The zero-order valence-corrected chi connectivity index (χ0v) is 31.5. The van der Waals surface area contributed by atoms with Gasteiger partial charge in [-0.05, 0) is 110 Å². The molecule has 1 aliphatic heterocycles. The lowest BCUT2D eigenvalue weighted by molar-refractivity contribution is 0.360. The number of para-hydroxylation sites is 1. The highest BCUT2D eigenvalue weighted by Crippen LogP contribution is 2.60. The number of nitrogen functional groups attached to an aromatic ring is 1. The highest BCUT2D eigenvalue weighted by atomic mass is 16.6. The third-order valence-corrected chi connectivity index (χ3v) is 11.5. The molecule has 0 amide bonds. The predicted octanol–water partition coefficient (Wildman–Crippen LogP) is 13.6. The third kappa shape index (κ3) is 5.41. The average molecular weight is 745 g/mol. The van der Waals surface area contributed by atoms with Crippen LogP contribution >= 0.6 is 0 Å². The molecule has 11 rings (SSSR count). The fourth-order valence-corrected chi connectivity index (χ4v) is 8.93. The Morgan fingerprint density at radius 2 is 0.931 bits per heavy atom. The van der Waals surface area contributed by atoms with Crippen molar-refractivity contribution in [3.63, 3.8) is 0 Å². The van der Waals surface area contributed by atoms with Crippen molar-refractivity contribution in [2.75, 3.05) is 5.73 Å². The summed E-state index contributed by atoms with van der Waals surface area (Å²) in [5, 5.41) is 0. The van der Waals surface area contributed by atoms with Gasteiger partial charge in [-0.2, -0.15) is 0 Å². The van der Waals surface area contributed by atoms with E-state index in [1.165, 1.54) is 22.3 Å². The molecule has 4 nitrogen and oxygen atoms in total. The lowest BCUT2D eigenvalue weighted by atomic mass is 9.67. The Balaban J connectivity index is 1.07. The monoisotopic (exact) mass is 744 g/mol. The lowest BCUT2D eigenvalue weighted by Crippen LogP contribution is -2.28. The molecule has 58 heavy (non-hydrogen) atoms. The minimum Gasteiger partial charge on any atom is -0.449 e. The van der Waals surface area contributed by atoms with Crippen LogP contribution in [0.2, 0.25) is 0 Å². The van der Waals surface area contributed by atoms with E-state index in [2.05, 4.69) is 158 Å². The lowest BCUT2D eigenvalue weighted by Gasteiger charge is -2.34. The fraction of sp³-hybridized carbons (Fsp3) is 0.0185. The highest BCUT2D eigenvalue weighted by molar-refractivity contribution is 5.89.